The van der Waals surface area contributed by atoms with E-state index in [4.69, 9.17) is 46.5 Å². The van der Waals surface area contributed by atoms with E-state index in [-0.39, 0.29) is 32.4 Å². The van der Waals surface area contributed by atoms with Crippen LogP contribution in [0.4, 0.5) is 20.2 Å². The minimum atomic E-state index is -0.509. The number of hydrogen-bond acceptors (Lipinski definition) is 9. The SMILES string of the molecule is C.C.C1CCOC1.C=CC(=O)Cl.C=CC(=O)Nc1ccc(F)c(CCC(=S)CCc2ccnc3[nH]ccc23)c1.CCN(CC)CC.Nc1ccc(F)c(CCC(=S)CCc2ccnc3[nH]ccc23)c1. The number of thiocarbonyl (C=S) groups is 2. The molecule has 0 atom stereocenters. The fraction of sp³-hybridized carbons (Fsp3) is 0.370. The molecule has 4 aromatic heterocycles. The second-order valence-electron chi connectivity index (χ2n) is 15.3. The number of rotatable bonds is 18. The molecule has 0 aliphatic carbocycles. The molecule has 2 aromatic carbocycles. The van der Waals surface area contributed by atoms with Crippen LogP contribution in [-0.4, -0.2) is 78.6 Å². The zero-order valence-electron chi connectivity index (χ0n) is 38.9. The molecular formula is C54H72ClF2N7O3S2. The fourth-order valence-corrected chi connectivity index (χ4v) is 7.23. The number of nitrogens with one attached hydrogen (secondary N) is 3. The minimum absolute atomic E-state index is 0. The first kappa shape index (κ1) is 61.5. The predicted molar refractivity (Wildman–Crippen MR) is 295 cm³/mol. The molecule has 0 radical (unpaired) electrons. The summed E-state index contributed by atoms with van der Waals surface area (Å²) in [6.07, 6.45) is 17.8. The monoisotopic (exact) mass is 1000 g/mol. The summed E-state index contributed by atoms with van der Waals surface area (Å²) >= 11 is 15.6. The average molecular weight is 1000 g/mol. The van der Waals surface area contributed by atoms with Gasteiger partial charge in [-0.2, -0.15) is 0 Å². The average Bonchev–Trinajstić information content (AvgIpc) is 4.17. The molecule has 10 nitrogen and oxygen atoms in total. The third kappa shape index (κ3) is 23.1. The molecule has 15 heteroatoms. The summed E-state index contributed by atoms with van der Waals surface area (Å²) in [5, 5.41) is 4.38. The zero-order valence-corrected chi connectivity index (χ0v) is 41.2. The number of nitrogens with two attached hydrogens (primary N) is 1. The Balaban J connectivity index is 0.000000508. The van der Waals surface area contributed by atoms with Crippen LogP contribution in [0.15, 0.2) is 111 Å². The van der Waals surface area contributed by atoms with E-state index in [0.29, 0.717) is 48.2 Å². The van der Waals surface area contributed by atoms with E-state index in [0.717, 1.165) is 76.8 Å². The molecule has 1 amide bonds. The van der Waals surface area contributed by atoms with Gasteiger partial charge < -0.3 is 30.7 Å². The van der Waals surface area contributed by atoms with E-state index in [1.807, 2.05) is 36.7 Å². The van der Waals surface area contributed by atoms with Crippen LogP contribution in [0, 0.1) is 11.6 Å². The molecule has 374 valence electrons. The van der Waals surface area contributed by atoms with Gasteiger partial charge in [-0.25, -0.2) is 18.7 Å². The van der Waals surface area contributed by atoms with Gasteiger partial charge in [0.1, 0.15) is 22.9 Å². The van der Waals surface area contributed by atoms with Gasteiger partial charge in [-0.3, -0.25) is 9.59 Å². The van der Waals surface area contributed by atoms with Crippen LogP contribution in [0.1, 0.15) is 96.4 Å². The predicted octanol–water partition coefficient (Wildman–Crippen LogP) is 13.3. The van der Waals surface area contributed by atoms with Gasteiger partial charge in [-0.1, -0.05) is 73.2 Å². The Morgan fingerprint density at radius 2 is 1.16 bits per heavy atom. The molecule has 0 spiro atoms. The Morgan fingerprint density at radius 1 is 0.725 bits per heavy atom. The number of nitrogens with zero attached hydrogens (tertiary/aromatic N) is 3. The van der Waals surface area contributed by atoms with Gasteiger partial charge in [-0.15, -0.1) is 0 Å². The van der Waals surface area contributed by atoms with Gasteiger partial charge in [0.05, 0.1) is 0 Å². The first-order chi connectivity index (χ1) is 32.3. The maximum Gasteiger partial charge on any atom is 0.247 e. The Hall–Kier alpha value is -5.51. The molecule has 7 rings (SSSR count). The van der Waals surface area contributed by atoms with E-state index in [1.165, 1.54) is 67.9 Å². The molecule has 5 heterocycles. The van der Waals surface area contributed by atoms with Crippen LogP contribution in [-0.2, 0) is 40.0 Å². The van der Waals surface area contributed by atoms with Crippen LogP contribution in [0.2, 0.25) is 0 Å². The van der Waals surface area contributed by atoms with Crippen molar-refractivity contribution in [1.82, 2.24) is 24.8 Å². The van der Waals surface area contributed by atoms with Crippen molar-refractivity contribution >= 4 is 90.4 Å². The molecule has 0 unspecified atom stereocenters. The largest absolute Gasteiger partial charge is 0.399 e. The highest BCUT2D eigenvalue weighted by atomic mass is 35.5. The first-order valence-corrected chi connectivity index (χ1v) is 23.7. The quantitative estimate of drug-likeness (QED) is 0.0286. The lowest BCUT2D eigenvalue weighted by molar-refractivity contribution is -0.112. The van der Waals surface area contributed by atoms with E-state index in [1.54, 1.807) is 30.6 Å². The van der Waals surface area contributed by atoms with Crippen LogP contribution >= 0.6 is 36.0 Å². The Labute approximate surface area is 424 Å². The third-order valence-electron chi connectivity index (χ3n) is 10.7. The summed E-state index contributed by atoms with van der Waals surface area (Å²) in [6.45, 7) is 18.6. The van der Waals surface area contributed by atoms with Crippen molar-refractivity contribution in [2.45, 2.75) is 99.8 Å². The number of anilines is 2. The topological polar surface area (TPSA) is 142 Å². The van der Waals surface area contributed by atoms with E-state index >= 15 is 0 Å². The van der Waals surface area contributed by atoms with Gasteiger partial charge in [-0.05, 0) is 200 Å². The van der Waals surface area contributed by atoms with Crippen molar-refractivity contribution in [2.75, 3.05) is 43.9 Å². The first-order valence-electron chi connectivity index (χ1n) is 22.5. The van der Waals surface area contributed by atoms with Crippen molar-refractivity contribution in [2.24, 2.45) is 0 Å². The number of nitrogen functional groups attached to an aromatic ring is 1. The molecular weight excluding hydrogens is 932 g/mol. The normalized spacial score (nSPS) is 11.1. The van der Waals surface area contributed by atoms with Crippen molar-refractivity contribution in [3.8, 4) is 0 Å². The molecule has 0 saturated carbocycles. The number of carbonyl (C=O) groups excluding carboxylic acids is 2. The number of hydrogen-bond donors (Lipinski definition) is 4. The Bertz CT molecular complexity index is 2490. The number of aromatic nitrogens is 4. The molecule has 0 bridgehead atoms. The maximum absolute atomic E-state index is 14.0. The number of halogens is 3. The number of H-pyrrole nitrogens is 2. The van der Waals surface area contributed by atoms with Crippen LogP contribution in [0.5, 0.6) is 0 Å². The molecule has 5 N–H and O–H groups in total. The van der Waals surface area contributed by atoms with E-state index in [9.17, 15) is 18.4 Å². The van der Waals surface area contributed by atoms with Gasteiger partial charge >= 0.3 is 0 Å². The summed E-state index contributed by atoms with van der Waals surface area (Å²) in [7, 11) is 0. The summed E-state index contributed by atoms with van der Waals surface area (Å²) in [5.74, 6) is -0.834. The van der Waals surface area contributed by atoms with Crippen LogP contribution in [0.25, 0.3) is 22.1 Å². The maximum atomic E-state index is 14.0. The minimum Gasteiger partial charge on any atom is -0.399 e. The molecule has 1 saturated heterocycles. The highest BCUT2D eigenvalue weighted by molar-refractivity contribution is 7.80. The number of carbonyl (C=O) groups is 2. The van der Waals surface area contributed by atoms with E-state index in [2.05, 4.69) is 64.1 Å². The fourth-order valence-electron chi connectivity index (χ4n) is 6.82. The molecule has 1 fully saturated rings. The van der Waals surface area contributed by atoms with Crippen molar-refractivity contribution in [3.63, 3.8) is 0 Å². The number of pyridine rings is 2. The van der Waals surface area contributed by atoms with E-state index < -0.39 is 5.24 Å². The summed E-state index contributed by atoms with van der Waals surface area (Å²) in [4.78, 5) is 39.8. The Morgan fingerprint density at radius 3 is 1.55 bits per heavy atom. The summed E-state index contributed by atoms with van der Waals surface area (Å²) in [5.41, 5.74) is 12.2. The van der Waals surface area contributed by atoms with Gasteiger partial charge in [0.15, 0.2) is 0 Å². The van der Waals surface area contributed by atoms with Crippen LogP contribution < -0.4 is 11.1 Å². The van der Waals surface area contributed by atoms with Crippen molar-refractivity contribution in [1.29, 1.82) is 0 Å². The molecule has 6 aromatic rings. The second kappa shape index (κ2) is 34.7. The smallest absolute Gasteiger partial charge is 0.247 e. The molecule has 69 heavy (non-hydrogen) atoms. The Kier molecular flexibility index (Phi) is 31.0. The van der Waals surface area contributed by atoms with Gasteiger partial charge in [0.2, 0.25) is 11.1 Å². The van der Waals surface area contributed by atoms with Gasteiger partial charge in [0, 0.05) is 60.1 Å². The molecule has 1 aliphatic heterocycles. The number of amides is 1. The highest BCUT2D eigenvalue weighted by Gasteiger charge is 2.10. The number of fused-ring (bicyclic) bond motifs is 2. The summed E-state index contributed by atoms with van der Waals surface area (Å²) < 4.78 is 32.7. The second-order valence-corrected chi connectivity index (χ2v) is 16.8. The van der Waals surface area contributed by atoms with Crippen molar-refractivity contribution < 1.29 is 23.1 Å². The summed E-state index contributed by atoms with van der Waals surface area (Å²) in [6, 6.07) is 17.3. The highest BCUT2D eigenvalue weighted by Crippen LogP contribution is 2.21. The zero-order chi connectivity index (χ0) is 49.0. The van der Waals surface area contributed by atoms with Crippen molar-refractivity contribution in [3.05, 3.63) is 145 Å². The lowest BCUT2D eigenvalue weighted by Gasteiger charge is -2.13. The lowest BCUT2D eigenvalue weighted by Crippen LogP contribution is -2.21. The molecule has 1 aliphatic rings. The standard InChI is InChI=1S/C21H20FN3OS.C18H18FN3S.C6H15N.C4H8O.C3H3ClO.2CH4/c1-2-20(26)25-16-5-8-19(22)15(13-16)4-7-17(27)6-3-14-9-11-23-21-18(14)10-12-24-21;19-17-6-3-14(20)11-13(17)2-5-15(23)4-1-12-7-9-21-18-16(12)8-10-22-18;1-4-7(5-2)6-3;1-2-4-5-3-1;1-2-3(4)5;;/h2,5,8-13H,1,3-4,6-7H2,(H,23,24)(H,25,26);3,6-11H,1-2,4-5,20H2,(H,21,22);4-6H2,1-3H3;1-4H2;2H,1H2;2*1H4. The van der Waals surface area contributed by atoms with Crippen LogP contribution in [0.3, 0.4) is 0 Å². The lowest BCUT2D eigenvalue weighted by atomic mass is 10.0. The number of aromatic amines is 2. The number of aryl methyl sites for hydroxylation is 4. The number of ether oxygens (including phenoxy) is 1. The third-order valence-corrected chi connectivity index (χ3v) is 11.7. The number of allylic oxidation sites excluding steroid dienone is 1. The van der Waals surface area contributed by atoms with Gasteiger partial charge in [0.25, 0.3) is 0 Å². The number of benzene rings is 2.